The zero-order valence-corrected chi connectivity index (χ0v) is 20.4. The third-order valence-corrected chi connectivity index (χ3v) is 6.56. The number of guanidine groups is 1. The van der Waals surface area contributed by atoms with Crippen LogP contribution < -0.4 is 10.6 Å². The number of thiazole rings is 1. The van der Waals surface area contributed by atoms with Crippen LogP contribution >= 0.6 is 35.3 Å². The highest BCUT2D eigenvalue weighted by molar-refractivity contribution is 14.0. The average Bonchev–Trinajstić information content (AvgIpc) is 3.03. The molecule has 8 heteroatoms. The Hall–Kier alpha value is -1.26. The number of hydrogen-bond donors (Lipinski definition) is 2. The summed E-state index contributed by atoms with van der Waals surface area (Å²) in [6, 6.07) is 6.87. The molecule has 1 aromatic carbocycles. The fourth-order valence-electron chi connectivity index (χ4n) is 3.54. The molecule has 1 saturated heterocycles. The van der Waals surface area contributed by atoms with E-state index in [1.165, 1.54) is 17.0 Å². The Kier molecular flexibility index (Phi) is 9.29. The van der Waals surface area contributed by atoms with Crippen LogP contribution in [-0.2, 0) is 16.6 Å². The molecule has 0 unspecified atom stereocenters. The Morgan fingerprint density at radius 3 is 2.48 bits per heavy atom. The molecule has 0 amide bonds. The molecular weight excluding hydrogens is 502 g/mol. The van der Waals surface area contributed by atoms with Crippen LogP contribution in [0.4, 0.5) is 4.39 Å². The van der Waals surface area contributed by atoms with Gasteiger partial charge in [0, 0.05) is 50.1 Å². The standard InChI is InChI=1S/C21H29FN4OS.HI/c1-15-16(2)28-19(26-15)8-11-24-20(23-3)25-14-21(9-12-27-13-10-21)17-4-6-18(22)7-5-17;/h4-7H,8-14H2,1-3H3,(H2,23,24,25);1H. The molecule has 0 aliphatic carbocycles. The van der Waals surface area contributed by atoms with E-state index in [0.717, 1.165) is 54.6 Å². The number of hydrogen-bond acceptors (Lipinski definition) is 4. The summed E-state index contributed by atoms with van der Waals surface area (Å²) in [6.45, 7) is 7.09. The van der Waals surface area contributed by atoms with E-state index in [-0.39, 0.29) is 35.2 Å². The summed E-state index contributed by atoms with van der Waals surface area (Å²) in [5.74, 6) is 0.571. The number of halogens is 2. The van der Waals surface area contributed by atoms with Crippen LogP contribution in [0.15, 0.2) is 29.3 Å². The molecule has 1 aliphatic rings. The van der Waals surface area contributed by atoms with Gasteiger partial charge in [0.05, 0.1) is 10.7 Å². The fourth-order valence-corrected chi connectivity index (χ4v) is 4.47. The number of nitrogens with zero attached hydrogens (tertiary/aromatic N) is 2. The topological polar surface area (TPSA) is 58.5 Å². The van der Waals surface area contributed by atoms with Crippen molar-refractivity contribution < 1.29 is 9.13 Å². The number of ether oxygens (including phenoxy) is 1. The smallest absolute Gasteiger partial charge is 0.191 e. The molecule has 1 fully saturated rings. The van der Waals surface area contributed by atoms with Gasteiger partial charge in [0.2, 0.25) is 0 Å². The predicted octanol–water partition coefficient (Wildman–Crippen LogP) is 3.97. The first kappa shape index (κ1) is 24.0. The molecule has 1 aliphatic heterocycles. The lowest BCUT2D eigenvalue weighted by Gasteiger charge is -2.38. The molecule has 1 aromatic heterocycles. The molecule has 160 valence electrons. The Bertz CT molecular complexity index is 784. The first-order valence-electron chi connectivity index (χ1n) is 9.74. The van der Waals surface area contributed by atoms with Gasteiger partial charge in [-0.2, -0.15) is 0 Å². The lowest BCUT2D eigenvalue weighted by molar-refractivity contribution is 0.0513. The zero-order valence-electron chi connectivity index (χ0n) is 17.3. The van der Waals surface area contributed by atoms with Crippen LogP contribution in [0.1, 0.15) is 34.0 Å². The van der Waals surface area contributed by atoms with Crippen LogP contribution in [0.3, 0.4) is 0 Å². The summed E-state index contributed by atoms with van der Waals surface area (Å²) in [5.41, 5.74) is 2.18. The second-order valence-electron chi connectivity index (χ2n) is 7.25. The molecule has 2 aromatic rings. The van der Waals surface area contributed by atoms with Gasteiger partial charge in [0.15, 0.2) is 5.96 Å². The molecule has 0 atom stereocenters. The van der Waals surface area contributed by atoms with Gasteiger partial charge in [0.1, 0.15) is 5.82 Å². The third kappa shape index (κ3) is 6.36. The number of aliphatic imine (C=N–C) groups is 1. The number of benzene rings is 1. The van der Waals surface area contributed by atoms with Crippen LogP contribution in [0.25, 0.3) is 0 Å². The Morgan fingerprint density at radius 1 is 1.21 bits per heavy atom. The fraction of sp³-hybridized carbons (Fsp3) is 0.524. The summed E-state index contributed by atoms with van der Waals surface area (Å²) < 4.78 is 19.0. The van der Waals surface area contributed by atoms with Crippen LogP contribution in [-0.4, -0.2) is 44.3 Å². The second-order valence-corrected chi connectivity index (χ2v) is 8.54. The number of nitrogens with one attached hydrogen (secondary N) is 2. The first-order chi connectivity index (χ1) is 13.5. The van der Waals surface area contributed by atoms with Crippen molar-refractivity contribution in [3.05, 3.63) is 51.2 Å². The summed E-state index contributed by atoms with van der Waals surface area (Å²) >= 11 is 1.75. The molecule has 0 saturated carbocycles. The minimum Gasteiger partial charge on any atom is -0.381 e. The van der Waals surface area contributed by atoms with E-state index in [9.17, 15) is 4.39 Å². The van der Waals surface area contributed by atoms with E-state index in [0.29, 0.717) is 13.2 Å². The first-order valence-corrected chi connectivity index (χ1v) is 10.6. The maximum atomic E-state index is 13.4. The van der Waals surface area contributed by atoms with Crippen LogP contribution in [0, 0.1) is 19.7 Å². The monoisotopic (exact) mass is 532 g/mol. The minimum absolute atomic E-state index is 0. The van der Waals surface area contributed by atoms with E-state index in [4.69, 9.17) is 4.74 Å². The van der Waals surface area contributed by atoms with Crippen molar-refractivity contribution in [1.82, 2.24) is 15.6 Å². The van der Waals surface area contributed by atoms with Crippen LogP contribution in [0.5, 0.6) is 0 Å². The summed E-state index contributed by atoms with van der Waals surface area (Å²) in [4.78, 5) is 10.2. The maximum absolute atomic E-state index is 13.4. The number of aromatic nitrogens is 1. The largest absolute Gasteiger partial charge is 0.381 e. The second kappa shape index (κ2) is 11.2. The van der Waals surface area contributed by atoms with E-state index in [1.54, 1.807) is 18.4 Å². The van der Waals surface area contributed by atoms with Crippen molar-refractivity contribution in [1.29, 1.82) is 0 Å². The zero-order chi connectivity index (χ0) is 20.0. The van der Waals surface area contributed by atoms with Gasteiger partial charge < -0.3 is 15.4 Å². The lowest BCUT2D eigenvalue weighted by atomic mass is 9.74. The highest BCUT2D eigenvalue weighted by Gasteiger charge is 2.34. The normalized spacial score (nSPS) is 16.2. The van der Waals surface area contributed by atoms with E-state index >= 15 is 0 Å². The van der Waals surface area contributed by atoms with Crippen molar-refractivity contribution >= 4 is 41.3 Å². The van der Waals surface area contributed by atoms with Gasteiger partial charge in [-0.3, -0.25) is 4.99 Å². The van der Waals surface area contributed by atoms with Crippen molar-refractivity contribution in [2.24, 2.45) is 4.99 Å². The summed E-state index contributed by atoms with van der Waals surface area (Å²) in [5, 5.41) is 7.99. The van der Waals surface area contributed by atoms with Gasteiger partial charge in [0.25, 0.3) is 0 Å². The average molecular weight is 532 g/mol. The molecular formula is C21H30FIN4OS. The van der Waals surface area contributed by atoms with Crippen LogP contribution in [0.2, 0.25) is 0 Å². The molecule has 0 bridgehead atoms. The van der Waals surface area contributed by atoms with Gasteiger partial charge in [-0.1, -0.05) is 12.1 Å². The molecule has 2 N–H and O–H groups in total. The van der Waals surface area contributed by atoms with Gasteiger partial charge in [-0.15, -0.1) is 35.3 Å². The van der Waals surface area contributed by atoms with Gasteiger partial charge >= 0.3 is 0 Å². The number of rotatable bonds is 6. The van der Waals surface area contributed by atoms with Gasteiger partial charge in [-0.05, 0) is 44.4 Å². The van der Waals surface area contributed by atoms with E-state index in [2.05, 4.69) is 27.5 Å². The minimum atomic E-state index is -0.205. The summed E-state index contributed by atoms with van der Waals surface area (Å²) in [6.07, 6.45) is 2.68. The predicted molar refractivity (Wildman–Crippen MR) is 128 cm³/mol. The molecule has 5 nitrogen and oxygen atoms in total. The molecule has 29 heavy (non-hydrogen) atoms. The van der Waals surface area contributed by atoms with E-state index in [1.807, 2.05) is 19.1 Å². The summed E-state index contributed by atoms with van der Waals surface area (Å²) in [7, 11) is 1.78. The lowest BCUT2D eigenvalue weighted by Crippen LogP contribution is -2.48. The SMILES string of the molecule is CN=C(NCCc1nc(C)c(C)s1)NCC1(c2ccc(F)cc2)CCOCC1.I. The van der Waals surface area contributed by atoms with E-state index < -0.39 is 0 Å². The third-order valence-electron chi connectivity index (χ3n) is 5.43. The molecule has 0 radical (unpaired) electrons. The highest BCUT2D eigenvalue weighted by Crippen LogP contribution is 2.34. The molecule has 2 heterocycles. The van der Waals surface area contributed by atoms with Crippen molar-refractivity contribution in [3.8, 4) is 0 Å². The van der Waals surface area contributed by atoms with Crippen molar-refractivity contribution in [2.45, 2.75) is 38.5 Å². The Balaban J connectivity index is 0.00000300. The quantitative estimate of drug-likeness (QED) is 0.336. The van der Waals surface area contributed by atoms with Crippen molar-refractivity contribution in [2.75, 3.05) is 33.4 Å². The van der Waals surface area contributed by atoms with Gasteiger partial charge in [-0.25, -0.2) is 9.37 Å². The maximum Gasteiger partial charge on any atom is 0.191 e. The highest BCUT2D eigenvalue weighted by atomic mass is 127. The molecule has 3 rings (SSSR count). The Labute approximate surface area is 193 Å². The number of aryl methyl sites for hydroxylation is 2. The molecule has 0 spiro atoms. The Morgan fingerprint density at radius 2 is 1.90 bits per heavy atom. The van der Waals surface area contributed by atoms with Crippen molar-refractivity contribution in [3.63, 3.8) is 0 Å².